The zero-order chi connectivity index (χ0) is 10.2. The van der Waals surface area contributed by atoms with E-state index in [1.165, 1.54) is 0 Å². The van der Waals surface area contributed by atoms with Crippen molar-refractivity contribution in [2.45, 2.75) is 32.4 Å². The maximum absolute atomic E-state index is 5.70. The maximum atomic E-state index is 5.70. The summed E-state index contributed by atoms with van der Waals surface area (Å²) in [7, 11) is 0. The fourth-order valence-corrected chi connectivity index (χ4v) is 1.60. The Morgan fingerprint density at radius 1 is 1.50 bits per heavy atom. The fourth-order valence-electron chi connectivity index (χ4n) is 1.33. The minimum absolute atomic E-state index is 0.509. The molecule has 1 N–H and O–H groups in total. The van der Waals surface area contributed by atoms with Gasteiger partial charge in [-0.2, -0.15) is 0 Å². The zero-order valence-electron chi connectivity index (χ0n) is 8.54. The quantitative estimate of drug-likeness (QED) is 0.734. The highest BCUT2D eigenvalue weighted by Gasteiger charge is 2.04. The molecule has 0 saturated carbocycles. The maximum Gasteiger partial charge on any atom is 0.0541 e. The molecular weight excluding hydrogens is 196 g/mol. The van der Waals surface area contributed by atoms with Gasteiger partial charge in [-0.1, -0.05) is 13.0 Å². The molecule has 0 aliphatic heterocycles. The molecule has 2 nitrogen and oxygen atoms in total. The van der Waals surface area contributed by atoms with Gasteiger partial charge in [0, 0.05) is 24.7 Å². The number of nitrogens with one attached hydrogen (secondary N) is 1. The van der Waals surface area contributed by atoms with Crippen LogP contribution in [0.1, 0.15) is 25.5 Å². The molecule has 0 aromatic carbocycles. The van der Waals surface area contributed by atoms with E-state index in [0.29, 0.717) is 11.9 Å². The summed E-state index contributed by atoms with van der Waals surface area (Å²) in [6, 6.07) is 6.47. The normalized spacial score (nSPS) is 12.7. The van der Waals surface area contributed by atoms with Gasteiger partial charge in [-0.25, -0.2) is 0 Å². The van der Waals surface area contributed by atoms with Gasteiger partial charge >= 0.3 is 0 Å². The van der Waals surface area contributed by atoms with Crippen molar-refractivity contribution in [1.82, 2.24) is 10.3 Å². The molecular formula is C11H17ClN2. The van der Waals surface area contributed by atoms with Crippen LogP contribution in [0.25, 0.3) is 0 Å². The number of halogens is 1. The summed E-state index contributed by atoms with van der Waals surface area (Å²) >= 11 is 5.70. The fraction of sp³-hybridized carbons (Fsp3) is 0.545. The Morgan fingerprint density at radius 2 is 2.36 bits per heavy atom. The van der Waals surface area contributed by atoms with E-state index < -0.39 is 0 Å². The first-order chi connectivity index (χ1) is 6.86. The molecule has 0 amide bonds. The van der Waals surface area contributed by atoms with Crippen molar-refractivity contribution in [3.8, 4) is 0 Å². The van der Waals surface area contributed by atoms with Crippen LogP contribution in [-0.4, -0.2) is 16.9 Å². The van der Waals surface area contributed by atoms with Crippen LogP contribution in [-0.2, 0) is 6.54 Å². The van der Waals surface area contributed by atoms with Crippen molar-refractivity contribution in [3.63, 3.8) is 0 Å². The Labute approximate surface area is 90.7 Å². The van der Waals surface area contributed by atoms with Crippen LogP contribution in [0, 0.1) is 0 Å². The predicted octanol–water partition coefficient (Wildman–Crippen LogP) is 2.58. The van der Waals surface area contributed by atoms with Crippen LogP contribution in [0.15, 0.2) is 24.4 Å². The van der Waals surface area contributed by atoms with Gasteiger partial charge < -0.3 is 5.32 Å². The van der Waals surface area contributed by atoms with Gasteiger partial charge in [-0.05, 0) is 25.0 Å². The van der Waals surface area contributed by atoms with E-state index in [1.807, 2.05) is 24.4 Å². The molecule has 14 heavy (non-hydrogen) atoms. The Morgan fingerprint density at radius 3 is 2.93 bits per heavy atom. The lowest BCUT2D eigenvalue weighted by Gasteiger charge is -2.14. The van der Waals surface area contributed by atoms with Crippen molar-refractivity contribution in [2.75, 3.05) is 5.88 Å². The van der Waals surface area contributed by atoms with E-state index in [0.717, 1.165) is 25.1 Å². The van der Waals surface area contributed by atoms with Crippen LogP contribution in [0.5, 0.6) is 0 Å². The first kappa shape index (κ1) is 11.5. The second-order valence-corrected chi connectivity index (χ2v) is 3.66. The van der Waals surface area contributed by atoms with Crippen LogP contribution >= 0.6 is 11.6 Å². The van der Waals surface area contributed by atoms with Crippen molar-refractivity contribution >= 4 is 11.6 Å². The summed E-state index contributed by atoms with van der Waals surface area (Å²) in [5.41, 5.74) is 1.08. The topological polar surface area (TPSA) is 24.9 Å². The summed E-state index contributed by atoms with van der Waals surface area (Å²) < 4.78 is 0. The SMILES string of the molecule is CCC(CCCl)NCc1ccccn1. The van der Waals surface area contributed by atoms with Gasteiger partial charge in [0.25, 0.3) is 0 Å². The monoisotopic (exact) mass is 212 g/mol. The number of pyridine rings is 1. The summed E-state index contributed by atoms with van der Waals surface area (Å²) in [6.07, 6.45) is 3.95. The molecule has 0 bridgehead atoms. The van der Waals surface area contributed by atoms with E-state index in [4.69, 9.17) is 11.6 Å². The average molecular weight is 213 g/mol. The lowest BCUT2D eigenvalue weighted by Crippen LogP contribution is -2.28. The number of rotatable bonds is 6. The van der Waals surface area contributed by atoms with Crippen molar-refractivity contribution < 1.29 is 0 Å². The smallest absolute Gasteiger partial charge is 0.0541 e. The van der Waals surface area contributed by atoms with E-state index in [1.54, 1.807) is 0 Å². The summed E-state index contributed by atoms with van der Waals surface area (Å²) in [5, 5.41) is 3.44. The second-order valence-electron chi connectivity index (χ2n) is 3.28. The molecule has 1 unspecified atom stereocenters. The summed E-state index contributed by atoms with van der Waals surface area (Å²) in [4.78, 5) is 4.25. The molecule has 0 spiro atoms. The predicted molar refractivity (Wildman–Crippen MR) is 60.5 cm³/mol. The molecule has 78 valence electrons. The van der Waals surface area contributed by atoms with E-state index in [2.05, 4.69) is 17.2 Å². The Kier molecular flexibility index (Phi) is 5.57. The van der Waals surface area contributed by atoms with Gasteiger partial charge in [0.05, 0.1) is 5.69 Å². The van der Waals surface area contributed by atoms with Crippen LogP contribution in [0.2, 0.25) is 0 Å². The molecule has 1 atom stereocenters. The summed E-state index contributed by atoms with van der Waals surface area (Å²) in [6.45, 7) is 3.00. The Bertz CT molecular complexity index is 238. The molecule has 3 heteroatoms. The third-order valence-electron chi connectivity index (χ3n) is 2.25. The number of hydrogen-bond acceptors (Lipinski definition) is 2. The first-order valence-corrected chi connectivity index (χ1v) is 5.59. The molecule has 0 fully saturated rings. The molecule has 0 aliphatic carbocycles. The average Bonchev–Trinajstić information content (AvgIpc) is 2.25. The van der Waals surface area contributed by atoms with Crippen molar-refractivity contribution in [1.29, 1.82) is 0 Å². The van der Waals surface area contributed by atoms with Gasteiger partial charge in [-0.3, -0.25) is 4.98 Å². The highest BCUT2D eigenvalue weighted by molar-refractivity contribution is 6.17. The minimum Gasteiger partial charge on any atom is -0.308 e. The van der Waals surface area contributed by atoms with Crippen LogP contribution in [0.3, 0.4) is 0 Å². The Balaban J connectivity index is 2.32. The second kappa shape index (κ2) is 6.80. The van der Waals surface area contributed by atoms with E-state index in [-0.39, 0.29) is 0 Å². The van der Waals surface area contributed by atoms with Gasteiger partial charge in [0.1, 0.15) is 0 Å². The molecule has 1 aromatic rings. The highest BCUT2D eigenvalue weighted by atomic mass is 35.5. The highest BCUT2D eigenvalue weighted by Crippen LogP contribution is 2.01. The number of alkyl halides is 1. The molecule has 0 saturated heterocycles. The summed E-state index contributed by atoms with van der Waals surface area (Å²) in [5.74, 6) is 0.716. The number of aromatic nitrogens is 1. The van der Waals surface area contributed by atoms with E-state index >= 15 is 0 Å². The molecule has 0 radical (unpaired) electrons. The standard InChI is InChI=1S/C11H17ClN2/c1-2-10(6-7-12)14-9-11-5-3-4-8-13-11/h3-5,8,10,14H,2,6-7,9H2,1H3. The Hall–Kier alpha value is -0.600. The third-order valence-corrected chi connectivity index (χ3v) is 2.47. The number of hydrogen-bond donors (Lipinski definition) is 1. The lowest BCUT2D eigenvalue weighted by molar-refractivity contribution is 0.482. The van der Waals surface area contributed by atoms with Gasteiger partial charge in [0.15, 0.2) is 0 Å². The van der Waals surface area contributed by atoms with Crippen molar-refractivity contribution in [3.05, 3.63) is 30.1 Å². The third kappa shape index (κ3) is 4.07. The zero-order valence-corrected chi connectivity index (χ0v) is 9.30. The largest absolute Gasteiger partial charge is 0.308 e. The minimum atomic E-state index is 0.509. The van der Waals surface area contributed by atoms with Gasteiger partial charge in [0.2, 0.25) is 0 Å². The number of nitrogens with zero attached hydrogens (tertiary/aromatic N) is 1. The molecule has 0 aliphatic rings. The molecule has 1 heterocycles. The molecule has 1 rings (SSSR count). The van der Waals surface area contributed by atoms with E-state index in [9.17, 15) is 0 Å². The lowest BCUT2D eigenvalue weighted by atomic mass is 10.1. The molecule has 1 aromatic heterocycles. The van der Waals surface area contributed by atoms with Crippen molar-refractivity contribution in [2.24, 2.45) is 0 Å². The van der Waals surface area contributed by atoms with Gasteiger partial charge in [-0.15, -0.1) is 11.6 Å². The van der Waals surface area contributed by atoms with Crippen LogP contribution in [0.4, 0.5) is 0 Å². The first-order valence-electron chi connectivity index (χ1n) is 5.06. The van der Waals surface area contributed by atoms with Crippen LogP contribution < -0.4 is 5.32 Å².